The van der Waals surface area contributed by atoms with Crippen molar-refractivity contribution >= 4 is 29.1 Å². The van der Waals surface area contributed by atoms with E-state index < -0.39 is 5.91 Å². The fourth-order valence-corrected chi connectivity index (χ4v) is 1.39. The third-order valence-corrected chi connectivity index (χ3v) is 2.67. The van der Waals surface area contributed by atoms with Gasteiger partial charge in [-0.15, -0.1) is 0 Å². The van der Waals surface area contributed by atoms with Crippen molar-refractivity contribution in [2.45, 2.75) is 20.8 Å². The molecule has 0 aliphatic rings. The van der Waals surface area contributed by atoms with E-state index in [0.29, 0.717) is 5.75 Å². The zero-order valence-corrected chi connectivity index (χ0v) is 13.0. The molecular formula is C14H19N3O3S. The first kappa shape index (κ1) is 16.9. The first-order valence-electron chi connectivity index (χ1n) is 6.47. The molecule has 0 atom stereocenters. The second-order valence-corrected chi connectivity index (χ2v) is 5.16. The van der Waals surface area contributed by atoms with Crippen molar-refractivity contribution < 1.29 is 14.3 Å². The van der Waals surface area contributed by atoms with E-state index >= 15 is 0 Å². The molecule has 0 aliphatic carbocycles. The molecule has 1 rings (SSSR count). The fraction of sp³-hybridized carbons (Fsp3) is 0.357. The van der Waals surface area contributed by atoms with Gasteiger partial charge in [0.25, 0.3) is 5.91 Å². The molecule has 21 heavy (non-hydrogen) atoms. The van der Waals surface area contributed by atoms with Crippen LogP contribution in [0, 0.1) is 12.8 Å². The zero-order valence-electron chi connectivity index (χ0n) is 12.2. The number of carbonyl (C=O) groups excluding carboxylic acids is 2. The molecule has 0 radical (unpaired) electrons. The average molecular weight is 309 g/mol. The lowest BCUT2D eigenvalue weighted by Crippen LogP contribution is -2.50. The normalized spacial score (nSPS) is 9.90. The molecule has 2 amide bonds. The highest BCUT2D eigenvalue weighted by Gasteiger charge is 2.09. The van der Waals surface area contributed by atoms with Gasteiger partial charge in [-0.1, -0.05) is 31.5 Å². The number of nitrogens with one attached hydrogen (secondary N) is 3. The lowest BCUT2D eigenvalue weighted by Gasteiger charge is -2.12. The van der Waals surface area contributed by atoms with Gasteiger partial charge in [0.05, 0.1) is 0 Å². The monoisotopic (exact) mass is 309 g/mol. The highest BCUT2D eigenvalue weighted by molar-refractivity contribution is 7.80. The summed E-state index contributed by atoms with van der Waals surface area (Å²) in [6, 6.07) is 7.34. The molecule has 6 nitrogen and oxygen atoms in total. The SMILES string of the molecule is Cc1ccc(OCC(=O)NNC(=S)NC(=O)C(C)C)cc1. The maximum atomic E-state index is 11.5. The van der Waals surface area contributed by atoms with Crippen molar-refractivity contribution in [1.29, 1.82) is 0 Å². The second kappa shape index (κ2) is 8.21. The Morgan fingerprint density at radius 3 is 2.38 bits per heavy atom. The maximum absolute atomic E-state index is 11.5. The number of hydrogen-bond acceptors (Lipinski definition) is 4. The van der Waals surface area contributed by atoms with E-state index in [-0.39, 0.29) is 23.5 Å². The van der Waals surface area contributed by atoms with Gasteiger partial charge in [-0.2, -0.15) is 0 Å². The molecule has 1 aromatic carbocycles. The van der Waals surface area contributed by atoms with Crippen LogP contribution >= 0.6 is 12.2 Å². The van der Waals surface area contributed by atoms with Crippen LogP contribution < -0.4 is 20.9 Å². The minimum absolute atomic E-state index is 0.0392. The van der Waals surface area contributed by atoms with Crippen LogP contribution in [-0.4, -0.2) is 23.5 Å². The summed E-state index contributed by atoms with van der Waals surface area (Å²) < 4.78 is 5.29. The standard InChI is InChI=1S/C14H19N3O3S/c1-9(2)13(19)15-14(21)17-16-12(18)8-20-11-6-4-10(3)5-7-11/h4-7,9H,8H2,1-3H3,(H,16,18)(H2,15,17,19,21). The molecule has 0 bridgehead atoms. The Morgan fingerprint density at radius 2 is 1.81 bits per heavy atom. The van der Waals surface area contributed by atoms with Crippen LogP contribution in [0.25, 0.3) is 0 Å². The van der Waals surface area contributed by atoms with Gasteiger partial charge in [-0.3, -0.25) is 20.4 Å². The predicted molar refractivity (Wildman–Crippen MR) is 83.5 cm³/mol. The van der Waals surface area contributed by atoms with E-state index in [4.69, 9.17) is 17.0 Å². The Balaban J connectivity index is 2.26. The number of benzene rings is 1. The summed E-state index contributed by atoms with van der Waals surface area (Å²) in [6.45, 7) is 5.29. The average Bonchev–Trinajstić information content (AvgIpc) is 2.44. The van der Waals surface area contributed by atoms with Crippen molar-refractivity contribution in [1.82, 2.24) is 16.2 Å². The lowest BCUT2D eigenvalue weighted by atomic mass is 10.2. The summed E-state index contributed by atoms with van der Waals surface area (Å²) in [5.74, 6) is -0.217. The molecule has 0 saturated carbocycles. The Bertz CT molecular complexity index is 515. The van der Waals surface area contributed by atoms with Gasteiger partial charge in [-0.25, -0.2) is 0 Å². The van der Waals surface area contributed by atoms with Gasteiger partial charge >= 0.3 is 0 Å². The quantitative estimate of drug-likeness (QED) is 0.572. The molecule has 0 saturated heterocycles. The molecule has 0 unspecified atom stereocenters. The first-order chi connectivity index (χ1) is 9.88. The van der Waals surface area contributed by atoms with Crippen LogP contribution in [-0.2, 0) is 9.59 Å². The van der Waals surface area contributed by atoms with Gasteiger partial charge < -0.3 is 10.1 Å². The van der Waals surface area contributed by atoms with Crippen LogP contribution in [0.1, 0.15) is 19.4 Å². The predicted octanol–water partition coefficient (Wildman–Crippen LogP) is 1.05. The molecule has 114 valence electrons. The smallest absolute Gasteiger partial charge is 0.276 e. The third-order valence-electron chi connectivity index (χ3n) is 2.47. The highest BCUT2D eigenvalue weighted by atomic mass is 32.1. The maximum Gasteiger partial charge on any atom is 0.276 e. The summed E-state index contributed by atoms with van der Waals surface area (Å²) in [5, 5.41) is 2.48. The number of ether oxygens (including phenoxy) is 1. The number of aryl methyl sites for hydroxylation is 1. The molecule has 0 spiro atoms. The zero-order chi connectivity index (χ0) is 15.8. The number of rotatable bonds is 4. The van der Waals surface area contributed by atoms with Gasteiger partial charge in [0.1, 0.15) is 5.75 Å². The Kier molecular flexibility index (Phi) is 6.61. The number of hydrogen-bond donors (Lipinski definition) is 3. The lowest BCUT2D eigenvalue weighted by molar-refractivity contribution is -0.124. The minimum Gasteiger partial charge on any atom is -0.484 e. The summed E-state index contributed by atoms with van der Waals surface area (Å²) in [7, 11) is 0. The number of carbonyl (C=O) groups is 2. The van der Waals surface area contributed by atoms with Crippen molar-refractivity contribution in [2.75, 3.05) is 6.61 Å². The Hall–Kier alpha value is -2.15. The molecule has 1 aromatic rings. The highest BCUT2D eigenvalue weighted by Crippen LogP contribution is 2.10. The summed E-state index contributed by atoms with van der Waals surface area (Å²) in [5.41, 5.74) is 5.88. The van der Waals surface area contributed by atoms with E-state index in [9.17, 15) is 9.59 Å². The van der Waals surface area contributed by atoms with Crippen molar-refractivity contribution in [3.05, 3.63) is 29.8 Å². The molecule has 7 heteroatoms. The Labute approximate surface area is 129 Å². The second-order valence-electron chi connectivity index (χ2n) is 4.75. The molecule has 3 N–H and O–H groups in total. The Morgan fingerprint density at radius 1 is 1.19 bits per heavy atom. The van der Waals surface area contributed by atoms with E-state index in [1.807, 2.05) is 19.1 Å². The van der Waals surface area contributed by atoms with Crippen LogP contribution in [0.2, 0.25) is 0 Å². The fourth-order valence-electron chi connectivity index (χ4n) is 1.23. The van der Waals surface area contributed by atoms with Gasteiger partial charge in [0.15, 0.2) is 11.7 Å². The van der Waals surface area contributed by atoms with Gasteiger partial charge in [0, 0.05) is 5.92 Å². The van der Waals surface area contributed by atoms with Crippen LogP contribution in [0.4, 0.5) is 0 Å². The minimum atomic E-state index is -0.406. The van der Waals surface area contributed by atoms with E-state index in [2.05, 4.69) is 16.2 Å². The van der Waals surface area contributed by atoms with E-state index in [0.717, 1.165) is 5.56 Å². The van der Waals surface area contributed by atoms with Gasteiger partial charge in [-0.05, 0) is 31.3 Å². The summed E-state index contributed by atoms with van der Waals surface area (Å²) >= 11 is 4.86. The van der Waals surface area contributed by atoms with E-state index in [1.165, 1.54) is 0 Å². The topological polar surface area (TPSA) is 79.5 Å². The number of hydrazine groups is 1. The van der Waals surface area contributed by atoms with Crippen molar-refractivity contribution in [3.8, 4) is 5.75 Å². The number of amides is 2. The molecule has 0 heterocycles. The molecule has 0 aromatic heterocycles. The molecular weight excluding hydrogens is 290 g/mol. The molecule has 0 aliphatic heterocycles. The third kappa shape index (κ3) is 6.71. The summed E-state index contributed by atoms with van der Waals surface area (Å²) in [4.78, 5) is 22.9. The number of thiocarbonyl (C=S) groups is 1. The van der Waals surface area contributed by atoms with E-state index in [1.54, 1.807) is 26.0 Å². The largest absolute Gasteiger partial charge is 0.484 e. The van der Waals surface area contributed by atoms with Crippen LogP contribution in [0.5, 0.6) is 5.75 Å². The van der Waals surface area contributed by atoms with Crippen molar-refractivity contribution in [2.24, 2.45) is 5.92 Å². The molecule has 0 fully saturated rings. The summed E-state index contributed by atoms with van der Waals surface area (Å²) in [6.07, 6.45) is 0. The van der Waals surface area contributed by atoms with Crippen LogP contribution in [0.3, 0.4) is 0 Å². The van der Waals surface area contributed by atoms with Crippen LogP contribution in [0.15, 0.2) is 24.3 Å². The first-order valence-corrected chi connectivity index (χ1v) is 6.88. The van der Waals surface area contributed by atoms with Crippen molar-refractivity contribution in [3.63, 3.8) is 0 Å². The van der Waals surface area contributed by atoms with Gasteiger partial charge in [0.2, 0.25) is 5.91 Å².